The van der Waals surface area contributed by atoms with E-state index in [4.69, 9.17) is 15.6 Å². The van der Waals surface area contributed by atoms with E-state index in [1.54, 1.807) is 7.11 Å². The highest BCUT2D eigenvalue weighted by Crippen LogP contribution is 2.10. The van der Waals surface area contributed by atoms with Crippen molar-refractivity contribution in [2.45, 2.75) is 18.6 Å². The van der Waals surface area contributed by atoms with Crippen LogP contribution in [0.1, 0.15) is 6.42 Å². The third-order valence-corrected chi connectivity index (χ3v) is 2.70. The molecule has 0 saturated carbocycles. The van der Waals surface area contributed by atoms with Gasteiger partial charge in [-0.05, 0) is 13.0 Å². The van der Waals surface area contributed by atoms with Crippen LogP contribution in [-0.2, 0) is 4.74 Å². The van der Waals surface area contributed by atoms with Crippen molar-refractivity contribution in [3.8, 4) is 0 Å². The molecule has 88 valence electrons. The molecule has 1 fully saturated rings. The van der Waals surface area contributed by atoms with Gasteiger partial charge in [-0.2, -0.15) is 0 Å². The van der Waals surface area contributed by atoms with Gasteiger partial charge in [-0.15, -0.1) is 0 Å². The zero-order valence-corrected chi connectivity index (χ0v) is 8.98. The van der Waals surface area contributed by atoms with Crippen molar-refractivity contribution < 1.29 is 14.6 Å². The third kappa shape index (κ3) is 4.03. The van der Waals surface area contributed by atoms with Crippen LogP contribution in [0.5, 0.6) is 0 Å². The molecule has 1 aliphatic rings. The second-order valence-corrected chi connectivity index (χ2v) is 3.76. The van der Waals surface area contributed by atoms with Gasteiger partial charge in [-0.25, -0.2) is 4.79 Å². The maximum absolute atomic E-state index is 10.2. The molecule has 1 saturated heterocycles. The second-order valence-electron chi connectivity index (χ2n) is 3.76. The fourth-order valence-electron chi connectivity index (χ4n) is 1.77. The van der Waals surface area contributed by atoms with E-state index in [2.05, 4.69) is 10.2 Å². The van der Waals surface area contributed by atoms with E-state index >= 15 is 0 Å². The van der Waals surface area contributed by atoms with Crippen molar-refractivity contribution in [1.29, 1.82) is 0 Å². The van der Waals surface area contributed by atoms with Gasteiger partial charge >= 0.3 is 6.09 Å². The molecule has 2 atom stereocenters. The second kappa shape index (κ2) is 5.89. The first-order valence-electron chi connectivity index (χ1n) is 5.11. The summed E-state index contributed by atoms with van der Waals surface area (Å²) in [5.41, 5.74) is 5.87. The molecule has 1 aliphatic heterocycles. The number of carboxylic acid groups (broad SMARTS) is 1. The number of piperidine rings is 1. The van der Waals surface area contributed by atoms with Crippen LogP contribution >= 0.6 is 0 Å². The Morgan fingerprint density at radius 3 is 3.07 bits per heavy atom. The molecule has 1 rings (SSSR count). The summed E-state index contributed by atoms with van der Waals surface area (Å²) in [6, 6.07) is 0.0960. The van der Waals surface area contributed by atoms with Gasteiger partial charge in [0.25, 0.3) is 0 Å². The number of nitrogens with one attached hydrogen (secondary N) is 1. The van der Waals surface area contributed by atoms with Gasteiger partial charge in [0.15, 0.2) is 0 Å². The fraction of sp³-hybridized carbons (Fsp3) is 0.889. The molecular weight excluding hydrogens is 198 g/mol. The molecule has 0 radical (unpaired) electrons. The minimum atomic E-state index is -0.980. The lowest BCUT2D eigenvalue weighted by Crippen LogP contribution is -2.52. The van der Waals surface area contributed by atoms with Crippen LogP contribution in [0.15, 0.2) is 0 Å². The molecule has 0 bridgehead atoms. The molecule has 0 aromatic rings. The van der Waals surface area contributed by atoms with Crippen molar-refractivity contribution in [3.63, 3.8) is 0 Å². The molecule has 0 aromatic heterocycles. The topological polar surface area (TPSA) is 87.8 Å². The van der Waals surface area contributed by atoms with Crippen LogP contribution in [0.25, 0.3) is 0 Å². The normalized spacial score (nSPS) is 27.6. The monoisotopic (exact) mass is 217 g/mol. The lowest BCUT2D eigenvalue weighted by Gasteiger charge is -2.35. The van der Waals surface area contributed by atoms with Gasteiger partial charge in [0.05, 0.1) is 6.10 Å². The molecule has 4 N–H and O–H groups in total. The lowest BCUT2D eigenvalue weighted by atomic mass is 10.0. The minimum absolute atomic E-state index is 0.0589. The maximum atomic E-state index is 10.2. The van der Waals surface area contributed by atoms with E-state index in [-0.39, 0.29) is 12.1 Å². The summed E-state index contributed by atoms with van der Waals surface area (Å²) < 4.78 is 5.26. The molecule has 6 heteroatoms. The molecule has 0 aromatic carbocycles. The summed E-state index contributed by atoms with van der Waals surface area (Å²) in [5.74, 6) is 0. The predicted molar refractivity (Wildman–Crippen MR) is 55.9 cm³/mol. The van der Waals surface area contributed by atoms with Gasteiger partial charge in [-0.3, -0.25) is 4.90 Å². The molecule has 1 heterocycles. The van der Waals surface area contributed by atoms with Crippen LogP contribution in [0.3, 0.4) is 0 Å². The number of hydrogen-bond acceptors (Lipinski definition) is 4. The van der Waals surface area contributed by atoms with Gasteiger partial charge in [-0.1, -0.05) is 0 Å². The quantitative estimate of drug-likeness (QED) is 0.579. The largest absolute Gasteiger partial charge is 0.465 e. The molecule has 15 heavy (non-hydrogen) atoms. The first-order valence-corrected chi connectivity index (χ1v) is 5.11. The molecular formula is C9H19N3O3. The highest BCUT2D eigenvalue weighted by atomic mass is 16.5. The van der Waals surface area contributed by atoms with E-state index in [1.165, 1.54) is 0 Å². The van der Waals surface area contributed by atoms with Gasteiger partial charge in [0.2, 0.25) is 0 Å². The van der Waals surface area contributed by atoms with E-state index in [1.807, 2.05) is 0 Å². The van der Waals surface area contributed by atoms with Crippen molar-refractivity contribution in [2.24, 2.45) is 5.73 Å². The highest BCUT2D eigenvalue weighted by Gasteiger charge is 2.25. The smallest absolute Gasteiger partial charge is 0.404 e. The minimum Gasteiger partial charge on any atom is -0.465 e. The number of nitrogens with zero attached hydrogens (tertiary/aromatic N) is 1. The van der Waals surface area contributed by atoms with Crippen LogP contribution in [0.4, 0.5) is 4.79 Å². The highest BCUT2D eigenvalue weighted by molar-refractivity contribution is 5.64. The predicted octanol–water partition coefficient (Wildman–Crippen LogP) is -0.698. The Balaban J connectivity index is 2.23. The molecule has 0 spiro atoms. The molecule has 6 nitrogen and oxygen atoms in total. The zero-order valence-electron chi connectivity index (χ0n) is 8.98. The van der Waals surface area contributed by atoms with E-state index < -0.39 is 6.09 Å². The van der Waals surface area contributed by atoms with E-state index in [9.17, 15) is 4.79 Å². The van der Waals surface area contributed by atoms with Gasteiger partial charge in [0.1, 0.15) is 0 Å². The Morgan fingerprint density at radius 1 is 1.73 bits per heavy atom. The van der Waals surface area contributed by atoms with Crippen molar-refractivity contribution in [1.82, 2.24) is 10.2 Å². The maximum Gasteiger partial charge on any atom is 0.404 e. The van der Waals surface area contributed by atoms with E-state index in [0.29, 0.717) is 13.1 Å². The number of ether oxygens (including phenoxy) is 1. The SMILES string of the molecule is COC1CN(CCNC(=O)O)CCC1N. The average molecular weight is 217 g/mol. The lowest BCUT2D eigenvalue weighted by molar-refractivity contribution is 0.0173. The first kappa shape index (κ1) is 12.2. The Kier molecular flexibility index (Phi) is 4.80. The van der Waals surface area contributed by atoms with E-state index in [0.717, 1.165) is 19.5 Å². The summed E-state index contributed by atoms with van der Waals surface area (Å²) >= 11 is 0. The Morgan fingerprint density at radius 2 is 2.47 bits per heavy atom. The van der Waals surface area contributed by atoms with Crippen molar-refractivity contribution in [2.75, 3.05) is 33.3 Å². The average Bonchev–Trinajstić information content (AvgIpc) is 2.20. The van der Waals surface area contributed by atoms with Gasteiger partial charge < -0.3 is 20.9 Å². The number of likely N-dealkylation sites (tertiary alicyclic amines) is 1. The van der Waals surface area contributed by atoms with Crippen molar-refractivity contribution >= 4 is 6.09 Å². The molecule has 1 amide bonds. The zero-order chi connectivity index (χ0) is 11.3. The third-order valence-electron chi connectivity index (χ3n) is 2.70. The number of rotatable bonds is 4. The molecule has 2 unspecified atom stereocenters. The summed E-state index contributed by atoms with van der Waals surface area (Å²) in [4.78, 5) is 12.4. The molecule has 0 aliphatic carbocycles. The Bertz CT molecular complexity index is 213. The number of amides is 1. The number of hydrogen-bond donors (Lipinski definition) is 3. The Hall–Kier alpha value is -0.850. The summed E-state index contributed by atoms with van der Waals surface area (Å²) in [5, 5.41) is 10.7. The number of methoxy groups -OCH3 is 1. The summed E-state index contributed by atoms with van der Waals surface area (Å²) in [6.45, 7) is 2.83. The summed E-state index contributed by atoms with van der Waals surface area (Å²) in [6.07, 6.45) is -0.0263. The standard InChI is InChI=1S/C9H19N3O3/c1-15-8-6-12(4-2-7(8)10)5-3-11-9(13)14/h7-8,11H,2-6,10H2,1H3,(H,13,14). The van der Waals surface area contributed by atoms with Crippen LogP contribution < -0.4 is 11.1 Å². The van der Waals surface area contributed by atoms with Crippen molar-refractivity contribution in [3.05, 3.63) is 0 Å². The fourth-order valence-corrected chi connectivity index (χ4v) is 1.77. The summed E-state index contributed by atoms with van der Waals surface area (Å²) in [7, 11) is 1.66. The first-order chi connectivity index (χ1) is 7.13. The van der Waals surface area contributed by atoms with Gasteiger partial charge in [0, 0.05) is 32.8 Å². The van der Waals surface area contributed by atoms with Crippen LogP contribution in [0, 0.1) is 0 Å². The number of carbonyl (C=O) groups is 1. The van der Waals surface area contributed by atoms with Crippen LogP contribution in [0.2, 0.25) is 0 Å². The Labute approximate surface area is 89.4 Å². The number of nitrogens with two attached hydrogens (primary N) is 1. The van der Waals surface area contributed by atoms with Crippen LogP contribution in [-0.4, -0.2) is 61.5 Å².